The molecule has 2 N–H and O–H groups in total. The minimum Gasteiger partial charge on any atom is -0.405 e. The van der Waals surface area contributed by atoms with Crippen molar-refractivity contribution in [2.45, 2.75) is 13.3 Å². The molecule has 1 aromatic carbocycles. The second-order valence-electron chi connectivity index (χ2n) is 2.89. The summed E-state index contributed by atoms with van der Waals surface area (Å²) >= 11 is 0. The lowest BCUT2D eigenvalue weighted by molar-refractivity contribution is -0.274. The molecule has 0 aliphatic carbocycles. The Bertz CT molecular complexity index is 387. The van der Waals surface area contributed by atoms with Gasteiger partial charge in [0.1, 0.15) is 5.75 Å². The maximum atomic E-state index is 11.9. The number of carbonyl (C=O) groups is 1. The Morgan fingerprint density at radius 1 is 1.40 bits per heavy atom. The van der Waals surface area contributed by atoms with E-state index in [0.29, 0.717) is 0 Å². The number of benzene rings is 1. The highest BCUT2D eigenvalue weighted by Gasteiger charge is 2.31. The molecule has 0 bridgehead atoms. The second-order valence-corrected chi connectivity index (χ2v) is 2.89. The molecular formula is C9H8F3NO2. The minimum atomic E-state index is -4.78. The molecule has 0 radical (unpaired) electrons. The number of aryl methyl sites for hydroxylation is 1. The number of alkyl halides is 3. The summed E-state index contributed by atoms with van der Waals surface area (Å²) in [6, 6.07) is 3.63. The largest absolute Gasteiger partial charge is 0.573 e. The molecule has 3 nitrogen and oxygen atoms in total. The third kappa shape index (κ3) is 3.16. The maximum absolute atomic E-state index is 11.9. The molecule has 0 heterocycles. The number of hydrogen-bond donors (Lipinski definition) is 1. The van der Waals surface area contributed by atoms with Crippen LogP contribution >= 0.6 is 0 Å². The van der Waals surface area contributed by atoms with Gasteiger partial charge in [0.25, 0.3) is 0 Å². The van der Waals surface area contributed by atoms with Crippen molar-refractivity contribution in [1.29, 1.82) is 0 Å². The molecule has 0 aliphatic heterocycles. The third-order valence-electron chi connectivity index (χ3n) is 1.70. The van der Waals surface area contributed by atoms with Gasteiger partial charge >= 0.3 is 6.36 Å². The standard InChI is InChI=1S/C9H8F3NO2/c1-5-2-3-6(8(13)14)4-7(5)15-9(10,11)12/h2-4H,1H3,(H2,13,14). The zero-order valence-electron chi connectivity index (χ0n) is 7.76. The van der Waals surface area contributed by atoms with Crippen LogP contribution < -0.4 is 10.5 Å². The molecule has 0 unspecified atom stereocenters. The molecule has 6 heteroatoms. The van der Waals surface area contributed by atoms with E-state index in [1.165, 1.54) is 19.1 Å². The van der Waals surface area contributed by atoms with Crippen LogP contribution in [0.1, 0.15) is 15.9 Å². The van der Waals surface area contributed by atoms with Gasteiger partial charge in [0, 0.05) is 5.56 Å². The van der Waals surface area contributed by atoms with Crippen molar-refractivity contribution in [3.63, 3.8) is 0 Å². The van der Waals surface area contributed by atoms with Gasteiger partial charge in [0.05, 0.1) is 0 Å². The lowest BCUT2D eigenvalue weighted by atomic mass is 10.1. The molecule has 0 atom stereocenters. The Labute approximate surface area is 83.6 Å². The highest BCUT2D eigenvalue weighted by atomic mass is 19.4. The fraction of sp³-hybridized carbons (Fsp3) is 0.222. The van der Waals surface area contributed by atoms with Crippen molar-refractivity contribution in [1.82, 2.24) is 0 Å². The molecular weight excluding hydrogens is 211 g/mol. The van der Waals surface area contributed by atoms with Gasteiger partial charge in [-0.05, 0) is 24.6 Å². The number of ether oxygens (including phenoxy) is 1. The monoisotopic (exact) mass is 219 g/mol. The first kappa shape index (κ1) is 11.4. The summed E-state index contributed by atoms with van der Waals surface area (Å²) in [6.07, 6.45) is -4.78. The van der Waals surface area contributed by atoms with Gasteiger partial charge in [-0.1, -0.05) is 6.07 Å². The van der Waals surface area contributed by atoms with Gasteiger partial charge in [-0.15, -0.1) is 13.2 Å². The number of nitrogens with two attached hydrogens (primary N) is 1. The number of halogens is 3. The minimum absolute atomic E-state index is 0.0279. The first-order valence-electron chi connectivity index (χ1n) is 3.96. The van der Waals surface area contributed by atoms with E-state index in [1.54, 1.807) is 0 Å². The quantitative estimate of drug-likeness (QED) is 0.826. The van der Waals surface area contributed by atoms with E-state index >= 15 is 0 Å². The van der Waals surface area contributed by atoms with Crippen LogP contribution in [-0.4, -0.2) is 12.3 Å². The van der Waals surface area contributed by atoms with Crippen molar-refractivity contribution >= 4 is 5.91 Å². The van der Waals surface area contributed by atoms with Gasteiger partial charge in [-0.2, -0.15) is 0 Å². The second kappa shape index (κ2) is 3.80. The van der Waals surface area contributed by atoms with Crippen molar-refractivity contribution < 1.29 is 22.7 Å². The van der Waals surface area contributed by atoms with E-state index in [0.717, 1.165) is 6.07 Å². The molecule has 0 saturated heterocycles. The predicted octanol–water partition coefficient (Wildman–Crippen LogP) is 1.99. The zero-order valence-corrected chi connectivity index (χ0v) is 7.76. The van der Waals surface area contributed by atoms with Crippen molar-refractivity contribution in [3.05, 3.63) is 29.3 Å². The summed E-state index contributed by atoms with van der Waals surface area (Å²) in [6.45, 7) is 1.44. The number of rotatable bonds is 2. The molecule has 0 saturated carbocycles. The lowest BCUT2D eigenvalue weighted by Gasteiger charge is -2.11. The SMILES string of the molecule is Cc1ccc(C(N)=O)cc1OC(F)(F)F. The number of carbonyl (C=O) groups excluding carboxylic acids is 1. The first-order chi connectivity index (χ1) is 6.79. The van der Waals surface area contributed by atoms with Gasteiger partial charge in [-0.3, -0.25) is 4.79 Å². The third-order valence-corrected chi connectivity index (χ3v) is 1.70. The summed E-state index contributed by atoms with van der Waals surface area (Å²) in [7, 11) is 0. The van der Waals surface area contributed by atoms with Crippen LogP contribution in [0, 0.1) is 6.92 Å². The normalized spacial score (nSPS) is 11.2. The number of amides is 1. The van der Waals surface area contributed by atoms with Crippen molar-refractivity contribution in [3.8, 4) is 5.75 Å². The lowest BCUT2D eigenvalue weighted by Crippen LogP contribution is -2.18. The van der Waals surface area contributed by atoms with Crippen LogP contribution in [0.2, 0.25) is 0 Å². The summed E-state index contributed by atoms with van der Waals surface area (Å²) in [5.74, 6) is -1.22. The van der Waals surface area contributed by atoms with Crippen molar-refractivity contribution in [2.24, 2.45) is 5.73 Å². The Hall–Kier alpha value is -1.72. The van der Waals surface area contributed by atoms with Gasteiger partial charge in [-0.25, -0.2) is 0 Å². The molecule has 0 aromatic heterocycles. The van der Waals surface area contributed by atoms with Gasteiger partial charge in [0.2, 0.25) is 5.91 Å². The van der Waals surface area contributed by atoms with Crippen LogP contribution in [0.4, 0.5) is 13.2 Å². The van der Waals surface area contributed by atoms with Crippen LogP contribution in [0.25, 0.3) is 0 Å². The summed E-state index contributed by atoms with van der Waals surface area (Å²) in [5.41, 5.74) is 5.17. The highest BCUT2D eigenvalue weighted by Crippen LogP contribution is 2.26. The maximum Gasteiger partial charge on any atom is 0.573 e. The molecule has 0 fully saturated rings. The molecule has 1 rings (SSSR count). The Morgan fingerprint density at radius 3 is 2.47 bits per heavy atom. The molecule has 15 heavy (non-hydrogen) atoms. The number of hydrogen-bond acceptors (Lipinski definition) is 2. The van der Waals surface area contributed by atoms with Gasteiger partial charge < -0.3 is 10.5 Å². The fourth-order valence-electron chi connectivity index (χ4n) is 0.988. The van der Waals surface area contributed by atoms with E-state index < -0.39 is 18.0 Å². The molecule has 1 aromatic rings. The Balaban J connectivity index is 3.06. The number of primary amides is 1. The topological polar surface area (TPSA) is 52.3 Å². The average Bonchev–Trinajstić information content (AvgIpc) is 2.06. The average molecular weight is 219 g/mol. The van der Waals surface area contributed by atoms with E-state index in [9.17, 15) is 18.0 Å². The Kier molecular flexibility index (Phi) is 2.88. The van der Waals surface area contributed by atoms with Crippen LogP contribution in [0.3, 0.4) is 0 Å². The predicted molar refractivity (Wildman–Crippen MR) is 46.4 cm³/mol. The zero-order chi connectivity index (χ0) is 11.6. The highest BCUT2D eigenvalue weighted by molar-refractivity contribution is 5.93. The molecule has 0 aliphatic rings. The van der Waals surface area contributed by atoms with Crippen LogP contribution in [0.5, 0.6) is 5.75 Å². The molecule has 0 spiro atoms. The van der Waals surface area contributed by atoms with E-state index in [-0.39, 0.29) is 11.1 Å². The first-order valence-corrected chi connectivity index (χ1v) is 3.96. The van der Waals surface area contributed by atoms with Crippen molar-refractivity contribution in [2.75, 3.05) is 0 Å². The van der Waals surface area contributed by atoms with E-state index in [4.69, 9.17) is 5.73 Å². The summed E-state index contributed by atoms with van der Waals surface area (Å²) in [4.78, 5) is 10.7. The fourth-order valence-corrected chi connectivity index (χ4v) is 0.988. The van der Waals surface area contributed by atoms with Crippen LogP contribution in [-0.2, 0) is 0 Å². The summed E-state index contributed by atoms with van der Waals surface area (Å²) in [5, 5.41) is 0. The summed E-state index contributed by atoms with van der Waals surface area (Å²) < 4.78 is 39.5. The van der Waals surface area contributed by atoms with Gasteiger partial charge in [0.15, 0.2) is 0 Å². The molecule has 82 valence electrons. The smallest absolute Gasteiger partial charge is 0.405 e. The molecule has 1 amide bonds. The van der Waals surface area contributed by atoms with E-state index in [1.807, 2.05) is 0 Å². The van der Waals surface area contributed by atoms with Crippen LogP contribution in [0.15, 0.2) is 18.2 Å². The Morgan fingerprint density at radius 2 is 2.00 bits per heavy atom. The van der Waals surface area contributed by atoms with E-state index in [2.05, 4.69) is 4.74 Å².